The van der Waals surface area contributed by atoms with Crippen LogP contribution in [0.3, 0.4) is 0 Å². The van der Waals surface area contributed by atoms with Crippen LogP contribution in [0, 0.1) is 0 Å². The molecule has 0 saturated heterocycles. The molecule has 0 aromatic heterocycles. The molecule has 0 radical (unpaired) electrons. The van der Waals surface area contributed by atoms with E-state index in [-0.39, 0.29) is 29.8 Å². The molecule has 0 amide bonds. The molecule has 0 saturated carbocycles. The second-order valence-corrected chi connectivity index (χ2v) is 6.99. The molecule has 0 aliphatic carbocycles. The first-order valence-corrected chi connectivity index (χ1v) is 9.00. The minimum atomic E-state index is -4.58. The van der Waals surface area contributed by atoms with Crippen LogP contribution < -0.4 is 15.1 Å². The molecule has 0 atom stereocenters. The predicted molar refractivity (Wildman–Crippen MR) is 82.2 cm³/mol. The van der Waals surface area contributed by atoms with E-state index < -0.39 is 21.8 Å². The molecule has 0 spiro atoms. The third kappa shape index (κ3) is 5.49. The zero-order valence-corrected chi connectivity index (χ0v) is 13.9. The summed E-state index contributed by atoms with van der Waals surface area (Å²) in [6, 6.07) is 4.76. The third-order valence-corrected chi connectivity index (χ3v) is 3.81. The highest BCUT2D eigenvalue weighted by Gasteiger charge is 2.36. The molecule has 0 fully saturated rings. The van der Waals surface area contributed by atoms with Gasteiger partial charge in [0.15, 0.2) is 5.82 Å². The van der Waals surface area contributed by atoms with Crippen molar-refractivity contribution in [2.75, 3.05) is 24.4 Å². The van der Waals surface area contributed by atoms with Gasteiger partial charge in [0.05, 0.1) is 23.7 Å². The van der Waals surface area contributed by atoms with E-state index in [1.165, 1.54) is 18.2 Å². The van der Waals surface area contributed by atoms with E-state index in [1.54, 1.807) is 0 Å². The van der Waals surface area contributed by atoms with E-state index in [9.17, 15) is 26.8 Å². The van der Waals surface area contributed by atoms with Gasteiger partial charge in [0.25, 0.3) is 0 Å². The second-order valence-electron chi connectivity index (χ2n) is 5.16. The van der Waals surface area contributed by atoms with E-state index in [2.05, 4.69) is 10.0 Å². The Morgan fingerprint density at radius 3 is 2.56 bits per heavy atom. The number of hydrogen-bond acceptors (Lipinski definition) is 7. The van der Waals surface area contributed by atoms with Gasteiger partial charge in [-0.3, -0.25) is 5.21 Å². The van der Waals surface area contributed by atoms with Crippen molar-refractivity contribution >= 4 is 15.7 Å². The Hall–Kier alpha value is -2.02. The number of hydrogen-bond donors (Lipinski definition) is 3. The highest BCUT2D eigenvalue weighted by molar-refractivity contribution is 7.88. The number of anilines is 1. The number of alkyl halides is 3. The first-order chi connectivity index (χ1) is 11.6. The van der Waals surface area contributed by atoms with Crippen LogP contribution in [0.1, 0.15) is 12.0 Å². The molecule has 12 heteroatoms. The average Bonchev–Trinajstić information content (AvgIpc) is 2.86. The van der Waals surface area contributed by atoms with E-state index in [4.69, 9.17) is 4.94 Å². The molecule has 1 aliphatic heterocycles. The molecule has 0 bridgehead atoms. The number of hydroxylamine groups is 3. The van der Waals surface area contributed by atoms with Gasteiger partial charge in [-0.1, -0.05) is 17.4 Å². The normalized spacial score (nSPS) is 15.5. The van der Waals surface area contributed by atoms with Crippen LogP contribution in [0.5, 0.6) is 0 Å². The van der Waals surface area contributed by atoms with Gasteiger partial charge >= 0.3 is 6.18 Å². The SMILES string of the molecule is CS(=O)(=O)NCCCNC1=CN(c2ccccc2C(F)(F)F)ON1O. The Kier molecular flexibility index (Phi) is 5.77. The van der Waals surface area contributed by atoms with Gasteiger partial charge in [-0.05, 0) is 18.6 Å². The Morgan fingerprint density at radius 1 is 1.24 bits per heavy atom. The number of para-hydroxylation sites is 1. The second kappa shape index (κ2) is 7.47. The highest BCUT2D eigenvalue weighted by Crippen LogP contribution is 2.37. The summed E-state index contributed by atoms with van der Waals surface area (Å²) in [6.07, 6.45) is -2.02. The Morgan fingerprint density at radius 2 is 1.92 bits per heavy atom. The molecule has 1 aliphatic rings. The summed E-state index contributed by atoms with van der Waals surface area (Å²) in [5.74, 6) is 0.0105. The minimum absolute atomic E-state index is 0.0105. The summed E-state index contributed by atoms with van der Waals surface area (Å²) >= 11 is 0. The molecule has 3 N–H and O–H groups in total. The summed E-state index contributed by atoms with van der Waals surface area (Å²) in [4.78, 5) is 4.86. The first-order valence-electron chi connectivity index (χ1n) is 7.11. The average molecular weight is 382 g/mol. The van der Waals surface area contributed by atoms with Crippen molar-refractivity contribution in [3.63, 3.8) is 0 Å². The van der Waals surface area contributed by atoms with Gasteiger partial charge in [-0.2, -0.15) is 18.2 Å². The summed E-state index contributed by atoms with van der Waals surface area (Å²) < 4.78 is 63.2. The van der Waals surface area contributed by atoms with Crippen LogP contribution in [-0.2, 0) is 21.1 Å². The third-order valence-electron chi connectivity index (χ3n) is 3.08. The van der Waals surface area contributed by atoms with Gasteiger partial charge in [0.2, 0.25) is 10.0 Å². The van der Waals surface area contributed by atoms with Gasteiger partial charge in [0, 0.05) is 13.1 Å². The van der Waals surface area contributed by atoms with Crippen molar-refractivity contribution in [3.8, 4) is 0 Å². The largest absolute Gasteiger partial charge is 0.418 e. The van der Waals surface area contributed by atoms with E-state index in [0.717, 1.165) is 23.6 Å². The number of sulfonamides is 1. The maximum Gasteiger partial charge on any atom is 0.418 e. The fourth-order valence-electron chi connectivity index (χ4n) is 2.01. The molecule has 8 nitrogen and oxygen atoms in total. The maximum absolute atomic E-state index is 13.0. The Labute approximate surface area is 142 Å². The standard InChI is InChI=1S/C13H17F3N4O4S/c1-25(22,23)18-8-4-7-17-12-9-19(24-20(12)21)11-6-3-2-5-10(11)13(14,15)16/h2-3,5-6,9,17-18,21H,4,7-8H2,1H3. The Bertz CT molecular complexity index is 739. The fraction of sp³-hybridized carbons (Fsp3) is 0.385. The summed E-state index contributed by atoms with van der Waals surface area (Å²) in [6.45, 7) is 0.426. The van der Waals surface area contributed by atoms with Crippen molar-refractivity contribution in [3.05, 3.63) is 41.8 Å². The highest BCUT2D eigenvalue weighted by atomic mass is 32.2. The number of halogens is 3. The van der Waals surface area contributed by atoms with Crippen molar-refractivity contribution in [2.24, 2.45) is 0 Å². The lowest BCUT2D eigenvalue weighted by Crippen LogP contribution is -2.30. The number of benzene rings is 1. The van der Waals surface area contributed by atoms with E-state index in [1.807, 2.05) is 0 Å². The smallest absolute Gasteiger partial charge is 0.366 e. The summed E-state index contributed by atoms with van der Waals surface area (Å²) in [7, 11) is -3.29. The fourth-order valence-corrected chi connectivity index (χ4v) is 2.52. The van der Waals surface area contributed by atoms with E-state index in [0.29, 0.717) is 6.42 Å². The van der Waals surface area contributed by atoms with Gasteiger partial charge in [0.1, 0.15) is 0 Å². The van der Waals surface area contributed by atoms with Crippen LogP contribution in [0.2, 0.25) is 0 Å². The number of nitrogens with zero attached hydrogens (tertiary/aromatic N) is 2. The molecular formula is C13H17F3N4O4S. The molecule has 25 heavy (non-hydrogen) atoms. The molecule has 1 aromatic rings. The topological polar surface area (TPSA) is 94.1 Å². The van der Waals surface area contributed by atoms with Crippen molar-refractivity contribution < 1.29 is 31.7 Å². The lowest BCUT2D eigenvalue weighted by atomic mass is 10.1. The predicted octanol–water partition coefficient (Wildman–Crippen LogP) is 1.39. The van der Waals surface area contributed by atoms with Gasteiger partial charge in [-0.15, -0.1) is 4.94 Å². The molecule has 1 aromatic carbocycles. The zero-order chi connectivity index (χ0) is 18.7. The van der Waals surface area contributed by atoms with E-state index >= 15 is 0 Å². The first kappa shape index (κ1) is 19.3. The summed E-state index contributed by atoms with van der Waals surface area (Å²) in [5, 5.41) is 13.4. The van der Waals surface area contributed by atoms with Crippen molar-refractivity contribution in [1.29, 1.82) is 0 Å². The zero-order valence-electron chi connectivity index (χ0n) is 13.1. The monoisotopic (exact) mass is 382 g/mol. The quantitative estimate of drug-likeness (QED) is 0.614. The van der Waals surface area contributed by atoms with Crippen LogP contribution >= 0.6 is 0 Å². The van der Waals surface area contributed by atoms with Crippen LogP contribution in [0.15, 0.2) is 36.3 Å². The summed E-state index contributed by atoms with van der Waals surface area (Å²) in [5.41, 5.74) is -1.21. The number of nitrogens with one attached hydrogen (secondary N) is 2. The maximum atomic E-state index is 13.0. The van der Waals surface area contributed by atoms with Crippen molar-refractivity contribution in [1.82, 2.24) is 15.3 Å². The molecule has 1 heterocycles. The van der Waals surface area contributed by atoms with Crippen LogP contribution in [-0.4, -0.2) is 38.2 Å². The van der Waals surface area contributed by atoms with Gasteiger partial charge < -0.3 is 5.32 Å². The van der Waals surface area contributed by atoms with Crippen LogP contribution in [0.4, 0.5) is 18.9 Å². The Balaban J connectivity index is 2.00. The molecule has 2 rings (SSSR count). The lowest BCUT2D eigenvalue weighted by molar-refractivity contribution is -0.306. The molecular weight excluding hydrogens is 365 g/mol. The van der Waals surface area contributed by atoms with Crippen molar-refractivity contribution in [2.45, 2.75) is 12.6 Å². The number of rotatable bonds is 7. The van der Waals surface area contributed by atoms with Gasteiger partial charge in [-0.25, -0.2) is 13.1 Å². The minimum Gasteiger partial charge on any atom is -0.366 e. The molecule has 140 valence electrons. The van der Waals surface area contributed by atoms with Crippen LogP contribution in [0.25, 0.3) is 0 Å². The lowest BCUT2D eigenvalue weighted by Gasteiger charge is -2.19. The molecule has 0 unspecified atom stereocenters.